The van der Waals surface area contributed by atoms with Crippen molar-refractivity contribution in [3.8, 4) is 0 Å². The summed E-state index contributed by atoms with van der Waals surface area (Å²) in [5, 5.41) is 2.11. The number of hydrogen-bond donors (Lipinski definition) is 1. The lowest BCUT2D eigenvalue weighted by molar-refractivity contribution is -0.727. The molecular formula is C5H6F3N2+. The molecule has 0 amide bonds. The van der Waals surface area contributed by atoms with Crippen LogP contribution in [0.25, 0.3) is 0 Å². The maximum atomic E-state index is 11.8. The van der Waals surface area contributed by atoms with Crippen LogP contribution in [0.1, 0.15) is 5.69 Å². The van der Waals surface area contributed by atoms with Crippen molar-refractivity contribution in [1.82, 2.24) is 5.10 Å². The van der Waals surface area contributed by atoms with Gasteiger partial charge in [-0.1, -0.05) is 0 Å². The number of alkyl halides is 3. The summed E-state index contributed by atoms with van der Waals surface area (Å²) in [6, 6.07) is 0.986. The van der Waals surface area contributed by atoms with Gasteiger partial charge in [0.2, 0.25) is 0 Å². The highest BCUT2D eigenvalue weighted by Crippen LogP contribution is 2.26. The molecule has 0 aliphatic heterocycles. The van der Waals surface area contributed by atoms with E-state index >= 15 is 0 Å². The molecule has 1 aromatic rings. The maximum absolute atomic E-state index is 11.8. The number of rotatable bonds is 0. The van der Waals surface area contributed by atoms with Crippen molar-refractivity contribution in [3.05, 3.63) is 18.0 Å². The Kier molecular flexibility index (Phi) is 1.42. The number of aryl methyl sites for hydroxylation is 1. The molecule has 0 saturated carbocycles. The minimum Gasteiger partial charge on any atom is -0.164 e. The Morgan fingerprint density at radius 3 is 2.30 bits per heavy atom. The van der Waals surface area contributed by atoms with Gasteiger partial charge < -0.3 is 0 Å². The fourth-order valence-corrected chi connectivity index (χ4v) is 0.609. The quantitative estimate of drug-likeness (QED) is 0.530. The SMILES string of the molecule is C[n+]1ccc(C(F)(F)F)[nH]1. The van der Waals surface area contributed by atoms with Crippen molar-refractivity contribution in [1.29, 1.82) is 0 Å². The molecule has 2 nitrogen and oxygen atoms in total. The van der Waals surface area contributed by atoms with Gasteiger partial charge >= 0.3 is 6.18 Å². The van der Waals surface area contributed by atoms with Crippen LogP contribution >= 0.6 is 0 Å². The molecule has 0 unspecified atom stereocenters. The van der Waals surface area contributed by atoms with E-state index in [0.717, 1.165) is 6.07 Å². The lowest BCUT2D eigenvalue weighted by Gasteiger charge is -1.97. The van der Waals surface area contributed by atoms with Crippen molar-refractivity contribution < 1.29 is 17.9 Å². The van der Waals surface area contributed by atoms with Gasteiger partial charge in [-0.3, -0.25) is 0 Å². The van der Waals surface area contributed by atoms with Crippen LogP contribution in [0.5, 0.6) is 0 Å². The number of aromatic amines is 1. The zero-order valence-electron chi connectivity index (χ0n) is 5.24. The molecule has 56 valence electrons. The molecule has 1 aromatic heterocycles. The van der Waals surface area contributed by atoms with Gasteiger partial charge in [-0.2, -0.15) is 18.3 Å². The van der Waals surface area contributed by atoms with Gasteiger partial charge in [0, 0.05) is 6.07 Å². The average molecular weight is 151 g/mol. The first kappa shape index (κ1) is 7.11. The Morgan fingerprint density at radius 1 is 1.50 bits per heavy atom. The number of nitrogens with one attached hydrogen (secondary N) is 1. The second kappa shape index (κ2) is 2.00. The largest absolute Gasteiger partial charge is 0.436 e. The fourth-order valence-electron chi connectivity index (χ4n) is 0.609. The van der Waals surface area contributed by atoms with Gasteiger partial charge in [0.1, 0.15) is 0 Å². The number of halogens is 3. The van der Waals surface area contributed by atoms with Crippen molar-refractivity contribution in [3.63, 3.8) is 0 Å². The zero-order chi connectivity index (χ0) is 7.78. The van der Waals surface area contributed by atoms with Crippen molar-refractivity contribution >= 4 is 0 Å². The lowest BCUT2D eigenvalue weighted by Crippen LogP contribution is -2.29. The molecule has 0 atom stereocenters. The van der Waals surface area contributed by atoms with Gasteiger partial charge in [0.15, 0.2) is 18.9 Å². The maximum Gasteiger partial charge on any atom is 0.436 e. The standard InChI is InChI=1S/C5H5F3N2/c1-10-3-2-4(9-10)5(6,7)8/h2-3H,1H3/p+1. The molecule has 1 heterocycles. The van der Waals surface area contributed by atoms with Crippen LogP contribution in [-0.4, -0.2) is 5.10 Å². The highest BCUT2D eigenvalue weighted by atomic mass is 19.4. The summed E-state index contributed by atoms with van der Waals surface area (Å²) in [6.07, 6.45) is -2.95. The number of hydrogen-bond acceptors (Lipinski definition) is 0. The molecule has 0 radical (unpaired) electrons. The molecule has 0 aliphatic carbocycles. The third kappa shape index (κ3) is 1.29. The summed E-state index contributed by atoms with van der Waals surface area (Å²) >= 11 is 0. The Morgan fingerprint density at radius 2 is 2.10 bits per heavy atom. The molecule has 0 bridgehead atoms. The van der Waals surface area contributed by atoms with E-state index in [1.165, 1.54) is 17.9 Å². The number of H-pyrrole nitrogens is 1. The Hall–Kier alpha value is -1.00. The predicted molar refractivity (Wildman–Crippen MR) is 27.0 cm³/mol. The molecule has 1 rings (SSSR count). The van der Waals surface area contributed by atoms with E-state index in [2.05, 4.69) is 5.10 Å². The first-order valence-corrected chi connectivity index (χ1v) is 2.62. The lowest BCUT2D eigenvalue weighted by atomic mass is 10.4. The highest BCUT2D eigenvalue weighted by molar-refractivity contribution is 4.98. The fraction of sp³-hybridized carbons (Fsp3) is 0.400. The summed E-state index contributed by atoms with van der Waals surface area (Å²) in [5.41, 5.74) is -0.727. The smallest absolute Gasteiger partial charge is 0.164 e. The van der Waals surface area contributed by atoms with Crippen LogP contribution in [0, 0.1) is 0 Å². The van der Waals surface area contributed by atoms with E-state index < -0.39 is 11.9 Å². The summed E-state index contributed by atoms with van der Waals surface area (Å²) in [5.74, 6) is 0. The molecule has 0 fully saturated rings. The molecule has 0 aromatic carbocycles. The third-order valence-corrected chi connectivity index (χ3v) is 1.07. The van der Waals surface area contributed by atoms with Crippen molar-refractivity contribution in [2.45, 2.75) is 6.18 Å². The first-order valence-electron chi connectivity index (χ1n) is 2.62. The zero-order valence-corrected chi connectivity index (χ0v) is 5.24. The van der Waals surface area contributed by atoms with E-state index in [1.54, 1.807) is 0 Å². The third-order valence-electron chi connectivity index (χ3n) is 1.07. The average Bonchev–Trinajstić information content (AvgIpc) is 2.11. The first-order chi connectivity index (χ1) is 4.50. The topological polar surface area (TPSA) is 19.7 Å². The van der Waals surface area contributed by atoms with Gasteiger partial charge in [-0.15, -0.1) is 4.68 Å². The Labute approximate surface area is 55.3 Å². The monoisotopic (exact) mass is 151 g/mol. The molecule has 10 heavy (non-hydrogen) atoms. The number of nitrogens with zero attached hydrogens (tertiary/aromatic N) is 1. The van der Waals surface area contributed by atoms with E-state index in [1.807, 2.05) is 0 Å². The molecule has 0 spiro atoms. The van der Waals surface area contributed by atoms with Crippen LogP contribution in [0.3, 0.4) is 0 Å². The second-order valence-corrected chi connectivity index (χ2v) is 1.95. The van der Waals surface area contributed by atoms with Crippen LogP contribution in [-0.2, 0) is 13.2 Å². The van der Waals surface area contributed by atoms with Gasteiger partial charge in [0.25, 0.3) is 0 Å². The van der Waals surface area contributed by atoms with Crippen LogP contribution in [0.15, 0.2) is 12.3 Å². The predicted octanol–water partition coefficient (Wildman–Crippen LogP) is 0.858. The van der Waals surface area contributed by atoms with E-state index in [-0.39, 0.29) is 0 Å². The summed E-state index contributed by atoms with van der Waals surface area (Å²) in [4.78, 5) is 0. The molecule has 0 aliphatic rings. The van der Waals surface area contributed by atoms with Crippen LogP contribution < -0.4 is 4.68 Å². The van der Waals surface area contributed by atoms with E-state index in [4.69, 9.17) is 0 Å². The Balaban J connectivity index is 2.96. The van der Waals surface area contributed by atoms with Crippen LogP contribution in [0.4, 0.5) is 13.2 Å². The van der Waals surface area contributed by atoms with E-state index in [9.17, 15) is 13.2 Å². The Bertz CT molecular complexity index is 225. The van der Waals surface area contributed by atoms with E-state index in [0.29, 0.717) is 0 Å². The highest BCUT2D eigenvalue weighted by Gasteiger charge is 2.34. The van der Waals surface area contributed by atoms with Gasteiger partial charge in [-0.25, -0.2) is 0 Å². The van der Waals surface area contributed by atoms with Crippen molar-refractivity contribution in [2.75, 3.05) is 0 Å². The number of aromatic nitrogens is 2. The van der Waals surface area contributed by atoms with Crippen LogP contribution in [0.2, 0.25) is 0 Å². The summed E-state index contributed by atoms with van der Waals surface area (Å²) in [7, 11) is 1.50. The van der Waals surface area contributed by atoms with Gasteiger partial charge in [0.05, 0.1) is 0 Å². The molecule has 0 saturated heterocycles. The minimum absolute atomic E-state index is 0.727. The molecule has 1 N–H and O–H groups in total. The minimum atomic E-state index is -4.26. The molecule has 5 heteroatoms. The normalized spacial score (nSPS) is 12.0. The summed E-state index contributed by atoms with van der Waals surface area (Å²) in [6.45, 7) is 0. The van der Waals surface area contributed by atoms with Crippen molar-refractivity contribution in [2.24, 2.45) is 7.05 Å². The van der Waals surface area contributed by atoms with Gasteiger partial charge in [-0.05, 0) is 0 Å². The summed E-state index contributed by atoms with van der Waals surface area (Å²) < 4.78 is 36.5. The second-order valence-electron chi connectivity index (χ2n) is 1.95. The molecular weight excluding hydrogens is 145 g/mol.